The summed E-state index contributed by atoms with van der Waals surface area (Å²) >= 11 is 0. The molecule has 0 spiro atoms. The molecule has 1 atom stereocenters. The molecule has 1 N–H and O–H groups in total. The van der Waals surface area contributed by atoms with E-state index in [1.165, 1.54) is 0 Å². The number of anilines is 1. The minimum Gasteiger partial charge on any atom is -0.497 e. The summed E-state index contributed by atoms with van der Waals surface area (Å²) in [6.07, 6.45) is -4.65. The lowest BCUT2D eigenvalue weighted by atomic mass is 10.0. The highest BCUT2D eigenvalue weighted by Gasteiger charge is 2.33. The molecule has 0 saturated carbocycles. The number of benzene rings is 2. The molecule has 162 valence electrons. The molecule has 0 aliphatic carbocycles. The molecule has 0 bridgehead atoms. The van der Waals surface area contributed by atoms with Crippen LogP contribution < -0.4 is 10.1 Å². The summed E-state index contributed by atoms with van der Waals surface area (Å²) in [6, 6.07) is 9.80. The Kier molecular flexibility index (Phi) is 6.78. The molecule has 1 aliphatic rings. The molecule has 30 heavy (non-hydrogen) atoms. The van der Waals surface area contributed by atoms with Crippen LogP contribution in [-0.4, -0.2) is 49.8 Å². The van der Waals surface area contributed by atoms with E-state index in [0.717, 1.165) is 17.7 Å². The molecule has 1 heterocycles. The SMILES string of the molecule is COc1ccc(C(CNc2ccc(C(F)(F)F)cc2[N+](=O)[O-])N2CCOCC2)cc1. The van der Waals surface area contributed by atoms with E-state index < -0.39 is 22.4 Å². The van der Waals surface area contributed by atoms with Crippen LogP contribution in [0.4, 0.5) is 24.5 Å². The van der Waals surface area contributed by atoms with Gasteiger partial charge in [0.1, 0.15) is 11.4 Å². The van der Waals surface area contributed by atoms with Crippen LogP contribution in [0.2, 0.25) is 0 Å². The maximum atomic E-state index is 12.9. The smallest absolute Gasteiger partial charge is 0.416 e. The Balaban J connectivity index is 1.85. The second-order valence-electron chi connectivity index (χ2n) is 6.80. The third kappa shape index (κ3) is 5.19. The fourth-order valence-electron chi connectivity index (χ4n) is 3.39. The van der Waals surface area contributed by atoms with Crippen LogP contribution in [0.5, 0.6) is 5.75 Å². The molecule has 2 aromatic rings. The van der Waals surface area contributed by atoms with E-state index in [1.54, 1.807) is 7.11 Å². The summed E-state index contributed by atoms with van der Waals surface area (Å²) in [7, 11) is 1.57. The van der Waals surface area contributed by atoms with Crippen LogP contribution in [0.1, 0.15) is 17.2 Å². The third-order valence-electron chi connectivity index (χ3n) is 4.99. The molecule has 1 saturated heterocycles. The number of nitro groups is 1. The largest absolute Gasteiger partial charge is 0.497 e. The second kappa shape index (κ2) is 9.31. The molecule has 1 unspecified atom stereocenters. The second-order valence-corrected chi connectivity index (χ2v) is 6.80. The Morgan fingerprint density at radius 2 is 1.87 bits per heavy atom. The minimum atomic E-state index is -4.65. The first kappa shape index (κ1) is 21.8. The zero-order chi connectivity index (χ0) is 21.7. The molecule has 7 nitrogen and oxygen atoms in total. The number of rotatable bonds is 7. The molecular weight excluding hydrogens is 403 g/mol. The average Bonchev–Trinajstić information content (AvgIpc) is 2.74. The van der Waals surface area contributed by atoms with Crippen molar-refractivity contribution in [2.24, 2.45) is 0 Å². The average molecular weight is 425 g/mol. The first-order valence-electron chi connectivity index (χ1n) is 9.35. The lowest BCUT2D eigenvalue weighted by molar-refractivity contribution is -0.384. The van der Waals surface area contributed by atoms with Crippen LogP contribution in [0.15, 0.2) is 42.5 Å². The summed E-state index contributed by atoms with van der Waals surface area (Å²) in [6.45, 7) is 2.75. The van der Waals surface area contributed by atoms with Gasteiger partial charge in [0.05, 0.1) is 36.9 Å². The lowest BCUT2D eigenvalue weighted by Gasteiger charge is -2.35. The summed E-state index contributed by atoms with van der Waals surface area (Å²) in [5.41, 5.74) is -0.667. The summed E-state index contributed by atoms with van der Waals surface area (Å²) in [5.74, 6) is 0.700. The van der Waals surface area contributed by atoms with Gasteiger partial charge in [-0.05, 0) is 29.8 Å². The number of nitro benzene ring substituents is 1. The number of nitrogens with one attached hydrogen (secondary N) is 1. The van der Waals surface area contributed by atoms with E-state index in [4.69, 9.17) is 9.47 Å². The van der Waals surface area contributed by atoms with Crippen LogP contribution in [-0.2, 0) is 10.9 Å². The monoisotopic (exact) mass is 425 g/mol. The van der Waals surface area contributed by atoms with Crippen LogP contribution in [0.3, 0.4) is 0 Å². The molecule has 0 aromatic heterocycles. The van der Waals surface area contributed by atoms with E-state index >= 15 is 0 Å². The fourth-order valence-corrected chi connectivity index (χ4v) is 3.39. The van der Waals surface area contributed by atoms with Crippen molar-refractivity contribution in [2.75, 3.05) is 45.3 Å². The summed E-state index contributed by atoms with van der Waals surface area (Å²) < 4.78 is 49.4. The van der Waals surface area contributed by atoms with Crippen molar-refractivity contribution in [3.8, 4) is 5.75 Å². The normalized spacial score (nSPS) is 16.1. The molecule has 0 amide bonds. The van der Waals surface area contributed by atoms with Gasteiger partial charge in [-0.1, -0.05) is 12.1 Å². The van der Waals surface area contributed by atoms with Crippen molar-refractivity contribution >= 4 is 11.4 Å². The summed E-state index contributed by atoms with van der Waals surface area (Å²) in [5, 5.41) is 14.3. The van der Waals surface area contributed by atoms with Crippen molar-refractivity contribution in [1.29, 1.82) is 0 Å². The van der Waals surface area contributed by atoms with Crippen molar-refractivity contribution in [3.63, 3.8) is 0 Å². The van der Waals surface area contributed by atoms with E-state index in [9.17, 15) is 23.3 Å². The molecule has 2 aromatic carbocycles. The van der Waals surface area contributed by atoms with Gasteiger partial charge in [0.2, 0.25) is 0 Å². The van der Waals surface area contributed by atoms with Crippen LogP contribution in [0, 0.1) is 10.1 Å². The quantitative estimate of drug-likeness (QED) is 0.532. The molecule has 1 fully saturated rings. The van der Waals surface area contributed by atoms with E-state index in [-0.39, 0.29) is 18.3 Å². The Morgan fingerprint density at radius 1 is 1.20 bits per heavy atom. The summed E-state index contributed by atoms with van der Waals surface area (Å²) in [4.78, 5) is 12.7. The molecule has 3 rings (SSSR count). The van der Waals surface area contributed by atoms with Gasteiger partial charge in [-0.3, -0.25) is 15.0 Å². The third-order valence-corrected chi connectivity index (χ3v) is 4.99. The Hall–Kier alpha value is -2.85. The predicted molar refractivity (Wildman–Crippen MR) is 105 cm³/mol. The van der Waals surface area contributed by atoms with Crippen LogP contribution in [0.25, 0.3) is 0 Å². The lowest BCUT2D eigenvalue weighted by Crippen LogP contribution is -2.41. The Bertz CT molecular complexity index is 869. The zero-order valence-electron chi connectivity index (χ0n) is 16.3. The maximum absolute atomic E-state index is 12.9. The maximum Gasteiger partial charge on any atom is 0.416 e. The first-order chi connectivity index (χ1) is 14.3. The molecular formula is C20H22F3N3O4. The Labute approximate surface area is 171 Å². The number of nitrogens with zero attached hydrogens (tertiary/aromatic N) is 2. The molecule has 0 radical (unpaired) electrons. The van der Waals surface area contributed by atoms with Crippen molar-refractivity contribution in [3.05, 3.63) is 63.7 Å². The number of morpholine rings is 1. The first-order valence-corrected chi connectivity index (χ1v) is 9.35. The number of hydrogen-bond donors (Lipinski definition) is 1. The molecule has 10 heteroatoms. The van der Waals surface area contributed by atoms with Gasteiger partial charge in [-0.25, -0.2) is 0 Å². The van der Waals surface area contributed by atoms with Gasteiger partial charge >= 0.3 is 6.18 Å². The van der Waals surface area contributed by atoms with Crippen molar-refractivity contribution in [2.45, 2.75) is 12.2 Å². The number of ether oxygens (including phenoxy) is 2. The van der Waals surface area contributed by atoms with Gasteiger partial charge in [-0.2, -0.15) is 13.2 Å². The zero-order valence-corrected chi connectivity index (χ0v) is 16.3. The van der Waals surface area contributed by atoms with Crippen molar-refractivity contribution in [1.82, 2.24) is 4.90 Å². The number of hydrogen-bond acceptors (Lipinski definition) is 6. The highest BCUT2D eigenvalue weighted by atomic mass is 19.4. The van der Waals surface area contributed by atoms with Gasteiger partial charge in [0.25, 0.3) is 5.69 Å². The standard InChI is InChI=1S/C20H22F3N3O4/c1-29-16-5-2-14(3-6-16)19(25-8-10-30-11-9-25)13-24-17-7-4-15(20(21,22)23)12-18(17)26(27)28/h2-7,12,19,24H,8-11,13H2,1H3. The minimum absolute atomic E-state index is 0.0415. The highest BCUT2D eigenvalue weighted by molar-refractivity contribution is 5.63. The van der Waals surface area contributed by atoms with Gasteiger partial charge in [0.15, 0.2) is 0 Å². The van der Waals surface area contributed by atoms with Crippen LogP contribution >= 0.6 is 0 Å². The van der Waals surface area contributed by atoms with Gasteiger partial charge in [0, 0.05) is 25.7 Å². The van der Waals surface area contributed by atoms with Gasteiger partial charge < -0.3 is 14.8 Å². The van der Waals surface area contributed by atoms with Crippen molar-refractivity contribution < 1.29 is 27.6 Å². The van der Waals surface area contributed by atoms with E-state index in [0.29, 0.717) is 38.1 Å². The number of alkyl halides is 3. The van der Waals surface area contributed by atoms with E-state index in [2.05, 4.69) is 10.2 Å². The molecule has 1 aliphatic heterocycles. The highest BCUT2D eigenvalue weighted by Crippen LogP contribution is 2.35. The van der Waals surface area contributed by atoms with E-state index in [1.807, 2.05) is 24.3 Å². The predicted octanol–water partition coefficient (Wildman–Crippen LogP) is 4.11. The Morgan fingerprint density at radius 3 is 2.43 bits per heavy atom. The number of halogens is 3. The fraction of sp³-hybridized carbons (Fsp3) is 0.400. The topological polar surface area (TPSA) is 76.9 Å². The van der Waals surface area contributed by atoms with Gasteiger partial charge in [-0.15, -0.1) is 0 Å². The number of methoxy groups -OCH3 is 1.